The minimum Gasteiger partial charge on any atom is -0.469 e. The number of ether oxygens (including phenoxy) is 1. The number of likely N-dealkylation sites (tertiary alicyclic amines) is 1. The van der Waals surface area contributed by atoms with E-state index in [0.29, 0.717) is 12.3 Å². The molecule has 2 fully saturated rings. The van der Waals surface area contributed by atoms with E-state index >= 15 is 0 Å². The van der Waals surface area contributed by atoms with Crippen molar-refractivity contribution in [3.05, 3.63) is 0 Å². The molecule has 0 aliphatic carbocycles. The Morgan fingerprint density at radius 2 is 2.11 bits per heavy atom. The Balaban J connectivity index is 2.02. The van der Waals surface area contributed by atoms with Crippen LogP contribution in [0, 0.1) is 11.8 Å². The summed E-state index contributed by atoms with van der Waals surface area (Å²) in [6, 6.07) is 0.0292. The highest BCUT2D eigenvalue weighted by atomic mass is 16.5. The summed E-state index contributed by atoms with van der Waals surface area (Å²) >= 11 is 0. The lowest BCUT2D eigenvalue weighted by molar-refractivity contribution is -0.146. The average molecular weight is 268 g/mol. The van der Waals surface area contributed by atoms with E-state index in [4.69, 9.17) is 4.74 Å². The van der Waals surface area contributed by atoms with Crippen LogP contribution in [0.1, 0.15) is 32.6 Å². The first-order valence-electron chi connectivity index (χ1n) is 7.21. The fourth-order valence-corrected chi connectivity index (χ4v) is 3.13. The van der Waals surface area contributed by atoms with Crippen molar-refractivity contribution in [3.8, 4) is 0 Å². The zero-order valence-electron chi connectivity index (χ0n) is 11.9. The summed E-state index contributed by atoms with van der Waals surface area (Å²) in [5.41, 5.74) is 0. The van der Waals surface area contributed by atoms with Gasteiger partial charge < -0.3 is 15.0 Å². The number of carbonyl (C=O) groups excluding carboxylic acids is 2. The van der Waals surface area contributed by atoms with Crippen molar-refractivity contribution in [1.82, 2.24) is 10.2 Å². The highest BCUT2D eigenvalue weighted by Gasteiger charge is 2.37. The molecule has 2 heterocycles. The van der Waals surface area contributed by atoms with Gasteiger partial charge in [0.1, 0.15) is 0 Å². The third-order valence-corrected chi connectivity index (χ3v) is 4.37. The van der Waals surface area contributed by atoms with Crippen molar-refractivity contribution in [3.63, 3.8) is 0 Å². The number of amides is 1. The standard InChI is InChI=1S/C14H24N2O3/c1-10-8-15-9-12(10)14(18)16-6-4-3-5-11(16)7-13(17)19-2/h10-12,15H,3-9H2,1-2H3/t10-,11?,12-/m1/s1. The van der Waals surface area contributed by atoms with E-state index in [1.165, 1.54) is 7.11 Å². The van der Waals surface area contributed by atoms with Gasteiger partial charge in [0.15, 0.2) is 0 Å². The Bertz CT molecular complexity index is 346. The number of piperidine rings is 1. The van der Waals surface area contributed by atoms with E-state index in [2.05, 4.69) is 12.2 Å². The van der Waals surface area contributed by atoms with Gasteiger partial charge in [-0.1, -0.05) is 6.92 Å². The largest absolute Gasteiger partial charge is 0.469 e. The summed E-state index contributed by atoms with van der Waals surface area (Å²) in [7, 11) is 1.40. The predicted octanol–water partition coefficient (Wildman–Crippen LogP) is 0.786. The summed E-state index contributed by atoms with van der Waals surface area (Å²) in [6.07, 6.45) is 3.37. The third-order valence-electron chi connectivity index (χ3n) is 4.37. The maximum atomic E-state index is 12.6. The van der Waals surface area contributed by atoms with Crippen LogP contribution in [0.5, 0.6) is 0 Å². The molecule has 2 aliphatic heterocycles. The second-order valence-electron chi connectivity index (χ2n) is 5.70. The fourth-order valence-electron chi connectivity index (χ4n) is 3.13. The van der Waals surface area contributed by atoms with Crippen LogP contribution >= 0.6 is 0 Å². The van der Waals surface area contributed by atoms with E-state index in [9.17, 15) is 9.59 Å². The number of carbonyl (C=O) groups is 2. The number of esters is 1. The van der Waals surface area contributed by atoms with Crippen LogP contribution in [0.2, 0.25) is 0 Å². The summed E-state index contributed by atoms with van der Waals surface area (Å²) < 4.78 is 4.74. The van der Waals surface area contributed by atoms with Gasteiger partial charge in [0, 0.05) is 19.1 Å². The number of hydrogen-bond acceptors (Lipinski definition) is 4. The molecule has 0 radical (unpaired) electrons. The Hall–Kier alpha value is -1.10. The zero-order valence-corrected chi connectivity index (χ0v) is 11.9. The van der Waals surface area contributed by atoms with Crippen LogP contribution in [0.15, 0.2) is 0 Å². The molecule has 2 aliphatic rings. The van der Waals surface area contributed by atoms with Gasteiger partial charge in [0.25, 0.3) is 0 Å². The van der Waals surface area contributed by atoms with Crippen molar-refractivity contribution in [1.29, 1.82) is 0 Å². The smallest absolute Gasteiger partial charge is 0.307 e. The maximum absolute atomic E-state index is 12.6. The van der Waals surface area contributed by atoms with Gasteiger partial charge in [-0.15, -0.1) is 0 Å². The Morgan fingerprint density at radius 1 is 1.32 bits per heavy atom. The SMILES string of the molecule is COC(=O)CC1CCCCN1C(=O)[C@@H]1CNC[C@H]1C. The summed E-state index contributed by atoms with van der Waals surface area (Å²) in [5, 5.41) is 3.27. The van der Waals surface area contributed by atoms with E-state index in [0.717, 1.165) is 38.9 Å². The molecule has 1 N–H and O–H groups in total. The minimum absolute atomic E-state index is 0.0292. The van der Waals surface area contributed by atoms with Crippen molar-refractivity contribution in [2.45, 2.75) is 38.6 Å². The maximum Gasteiger partial charge on any atom is 0.307 e. The third kappa shape index (κ3) is 3.26. The normalized spacial score (nSPS) is 31.3. The molecule has 2 rings (SSSR count). The number of nitrogens with one attached hydrogen (secondary N) is 1. The van der Waals surface area contributed by atoms with Gasteiger partial charge in [-0.05, 0) is 31.7 Å². The lowest BCUT2D eigenvalue weighted by atomic mass is 9.92. The van der Waals surface area contributed by atoms with Gasteiger partial charge >= 0.3 is 5.97 Å². The Kier molecular flexibility index (Phi) is 4.80. The average Bonchev–Trinajstić information content (AvgIpc) is 2.84. The number of hydrogen-bond donors (Lipinski definition) is 1. The van der Waals surface area contributed by atoms with Crippen LogP contribution in [0.25, 0.3) is 0 Å². The molecule has 0 spiro atoms. The monoisotopic (exact) mass is 268 g/mol. The second-order valence-corrected chi connectivity index (χ2v) is 5.70. The predicted molar refractivity (Wildman–Crippen MR) is 71.5 cm³/mol. The molecule has 3 atom stereocenters. The molecule has 5 heteroatoms. The molecule has 2 saturated heterocycles. The first-order valence-corrected chi connectivity index (χ1v) is 7.21. The Labute approximate surface area is 114 Å². The lowest BCUT2D eigenvalue weighted by Crippen LogP contribution is -2.48. The molecule has 19 heavy (non-hydrogen) atoms. The van der Waals surface area contributed by atoms with Crippen LogP contribution in [0.3, 0.4) is 0 Å². The highest BCUT2D eigenvalue weighted by molar-refractivity contribution is 5.81. The quantitative estimate of drug-likeness (QED) is 0.769. The zero-order chi connectivity index (χ0) is 13.8. The number of methoxy groups -OCH3 is 1. The van der Waals surface area contributed by atoms with Crippen LogP contribution < -0.4 is 5.32 Å². The molecule has 0 bridgehead atoms. The minimum atomic E-state index is -0.220. The molecular weight excluding hydrogens is 244 g/mol. The lowest BCUT2D eigenvalue weighted by Gasteiger charge is -2.37. The first-order chi connectivity index (χ1) is 9.13. The number of nitrogens with zero attached hydrogens (tertiary/aromatic N) is 1. The summed E-state index contributed by atoms with van der Waals surface area (Å²) in [4.78, 5) is 26.0. The molecule has 5 nitrogen and oxygen atoms in total. The molecule has 1 unspecified atom stereocenters. The molecule has 0 saturated carbocycles. The van der Waals surface area contributed by atoms with Gasteiger partial charge in [0.05, 0.1) is 19.4 Å². The van der Waals surface area contributed by atoms with Gasteiger partial charge in [0.2, 0.25) is 5.91 Å². The Morgan fingerprint density at radius 3 is 2.74 bits per heavy atom. The summed E-state index contributed by atoms with van der Waals surface area (Å²) in [6.45, 7) is 4.57. The highest BCUT2D eigenvalue weighted by Crippen LogP contribution is 2.26. The van der Waals surface area contributed by atoms with E-state index < -0.39 is 0 Å². The summed E-state index contributed by atoms with van der Waals surface area (Å²) in [5.74, 6) is 0.444. The molecular formula is C14H24N2O3. The van der Waals surface area contributed by atoms with Gasteiger partial charge in [-0.3, -0.25) is 9.59 Å². The van der Waals surface area contributed by atoms with Crippen LogP contribution in [0.4, 0.5) is 0 Å². The first kappa shape index (κ1) is 14.3. The van der Waals surface area contributed by atoms with Crippen molar-refractivity contribution in [2.75, 3.05) is 26.7 Å². The number of rotatable bonds is 3. The second kappa shape index (κ2) is 6.37. The van der Waals surface area contributed by atoms with Crippen LogP contribution in [-0.2, 0) is 14.3 Å². The van der Waals surface area contributed by atoms with E-state index in [1.54, 1.807) is 0 Å². The fraction of sp³-hybridized carbons (Fsp3) is 0.857. The van der Waals surface area contributed by atoms with Gasteiger partial charge in [-0.2, -0.15) is 0 Å². The van der Waals surface area contributed by atoms with Gasteiger partial charge in [-0.25, -0.2) is 0 Å². The topological polar surface area (TPSA) is 58.6 Å². The van der Waals surface area contributed by atoms with Crippen molar-refractivity contribution in [2.24, 2.45) is 11.8 Å². The molecule has 108 valence electrons. The molecule has 0 aromatic carbocycles. The van der Waals surface area contributed by atoms with Crippen molar-refractivity contribution < 1.29 is 14.3 Å². The van der Waals surface area contributed by atoms with Crippen molar-refractivity contribution >= 4 is 11.9 Å². The molecule has 0 aromatic rings. The molecule has 1 amide bonds. The molecule has 0 aromatic heterocycles. The van der Waals surface area contributed by atoms with E-state index in [-0.39, 0.29) is 23.8 Å². The van der Waals surface area contributed by atoms with E-state index in [1.807, 2.05) is 4.90 Å². The van der Waals surface area contributed by atoms with Crippen LogP contribution in [-0.4, -0.2) is 49.6 Å².